The number of nitrogens with zero attached hydrogens (tertiary/aromatic N) is 3. The van der Waals surface area contributed by atoms with Gasteiger partial charge in [0.1, 0.15) is 6.54 Å². The highest BCUT2D eigenvalue weighted by molar-refractivity contribution is 5.82. The van der Waals surface area contributed by atoms with Crippen molar-refractivity contribution in [1.29, 1.82) is 0 Å². The first-order chi connectivity index (χ1) is 11.5. The van der Waals surface area contributed by atoms with Crippen LogP contribution in [0.3, 0.4) is 0 Å². The van der Waals surface area contributed by atoms with Crippen molar-refractivity contribution in [2.24, 2.45) is 5.92 Å². The van der Waals surface area contributed by atoms with E-state index in [1.165, 1.54) is 10.9 Å². The molecule has 2 atom stereocenters. The fraction of sp³-hybridized carbons (Fsp3) is 0.412. The van der Waals surface area contributed by atoms with Crippen LogP contribution >= 0.6 is 0 Å². The Morgan fingerprint density at radius 3 is 2.79 bits per heavy atom. The van der Waals surface area contributed by atoms with E-state index in [9.17, 15) is 14.4 Å². The molecule has 7 heteroatoms. The average Bonchev–Trinajstić information content (AvgIpc) is 2.57. The number of piperidine rings is 1. The lowest BCUT2D eigenvalue weighted by Crippen LogP contribution is -2.47. The van der Waals surface area contributed by atoms with Crippen LogP contribution in [0.4, 0.5) is 0 Å². The topological polar surface area (TPSA) is 92.5 Å². The number of benzene rings is 1. The van der Waals surface area contributed by atoms with Crippen LogP contribution in [0.1, 0.15) is 19.8 Å². The van der Waals surface area contributed by atoms with Gasteiger partial charge in [-0.1, -0.05) is 12.1 Å². The van der Waals surface area contributed by atoms with Crippen LogP contribution in [0, 0.1) is 5.92 Å². The van der Waals surface area contributed by atoms with E-state index in [1.54, 1.807) is 29.2 Å². The van der Waals surface area contributed by atoms with Crippen LogP contribution in [-0.2, 0) is 16.1 Å². The molecule has 1 saturated heterocycles. The number of fused-ring (bicyclic) bond motifs is 1. The second-order valence-corrected chi connectivity index (χ2v) is 6.18. The molecule has 1 amide bonds. The molecule has 1 aliphatic rings. The summed E-state index contributed by atoms with van der Waals surface area (Å²) in [4.78, 5) is 37.3. The van der Waals surface area contributed by atoms with Gasteiger partial charge >= 0.3 is 5.97 Å². The Kier molecular flexibility index (Phi) is 4.33. The minimum absolute atomic E-state index is 0.0306. The van der Waals surface area contributed by atoms with Crippen LogP contribution in [0.25, 0.3) is 10.9 Å². The van der Waals surface area contributed by atoms with E-state index in [4.69, 9.17) is 5.11 Å². The zero-order valence-electron chi connectivity index (χ0n) is 13.4. The zero-order chi connectivity index (χ0) is 17.3. The number of carbonyl (C=O) groups excluding carboxylic acids is 1. The van der Waals surface area contributed by atoms with Gasteiger partial charge in [0.05, 0.1) is 17.6 Å². The molecule has 126 valence electrons. The van der Waals surface area contributed by atoms with Gasteiger partial charge < -0.3 is 10.0 Å². The van der Waals surface area contributed by atoms with Gasteiger partial charge in [0.25, 0.3) is 0 Å². The van der Waals surface area contributed by atoms with E-state index in [1.807, 2.05) is 6.92 Å². The Hall–Kier alpha value is -2.70. The van der Waals surface area contributed by atoms with Gasteiger partial charge in [-0.2, -0.15) is 5.10 Å². The third-order valence-corrected chi connectivity index (χ3v) is 4.59. The summed E-state index contributed by atoms with van der Waals surface area (Å²) in [6, 6.07) is 6.91. The predicted octanol–water partition coefficient (Wildman–Crippen LogP) is 1.11. The van der Waals surface area contributed by atoms with E-state index in [2.05, 4.69) is 5.10 Å². The number of rotatable bonds is 3. The molecule has 2 heterocycles. The van der Waals surface area contributed by atoms with Gasteiger partial charge in [-0.25, -0.2) is 0 Å². The first-order valence-corrected chi connectivity index (χ1v) is 7.94. The van der Waals surface area contributed by atoms with Gasteiger partial charge in [-0.3, -0.25) is 19.1 Å². The molecule has 1 aromatic heterocycles. The van der Waals surface area contributed by atoms with Crippen molar-refractivity contribution in [2.75, 3.05) is 6.54 Å². The van der Waals surface area contributed by atoms with Gasteiger partial charge in [0, 0.05) is 18.0 Å². The lowest BCUT2D eigenvalue weighted by atomic mass is 9.92. The van der Waals surface area contributed by atoms with E-state index in [-0.39, 0.29) is 23.9 Å². The number of aromatic nitrogens is 2. The van der Waals surface area contributed by atoms with Crippen molar-refractivity contribution in [3.8, 4) is 0 Å². The van der Waals surface area contributed by atoms with Crippen LogP contribution in [-0.4, -0.2) is 44.3 Å². The highest BCUT2D eigenvalue weighted by atomic mass is 16.4. The molecular weight excluding hydrogens is 310 g/mol. The number of aliphatic carboxylic acids is 1. The van der Waals surface area contributed by atoms with E-state index >= 15 is 0 Å². The Balaban J connectivity index is 1.80. The van der Waals surface area contributed by atoms with Gasteiger partial charge in [0.2, 0.25) is 11.3 Å². The molecule has 24 heavy (non-hydrogen) atoms. The molecule has 3 rings (SSSR count). The Morgan fingerprint density at radius 1 is 1.33 bits per heavy atom. The highest BCUT2D eigenvalue weighted by Crippen LogP contribution is 2.23. The molecule has 0 aliphatic carbocycles. The summed E-state index contributed by atoms with van der Waals surface area (Å²) in [6.45, 7) is 2.32. The fourth-order valence-electron chi connectivity index (χ4n) is 3.27. The van der Waals surface area contributed by atoms with E-state index < -0.39 is 11.9 Å². The summed E-state index contributed by atoms with van der Waals surface area (Å²) in [5.41, 5.74) is 0.441. The maximum atomic E-state index is 12.6. The van der Waals surface area contributed by atoms with Crippen molar-refractivity contribution in [3.63, 3.8) is 0 Å². The van der Waals surface area contributed by atoms with Crippen molar-refractivity contribution in [1.82, 2.24) is 14.7 Å². The maximum absolute atomic E-state index is 12.6. The molecule has 0 spiro atoms. The largest absolute Gasteiger partial charge is 0.481 e. The van der Waals surface area contributed by atoms with Crippen molar-refractivity contribution in [3.05, 3.63) is 40.7 Å². The van der Waals surface area contributed by atoms with Crippen molar-refractivity contribution >= 4 is 22.8 Å². The van der Waals surface area contributed by atoms with Crippen LogP contribution in [0.15, 0.2) is 35.3 Å². The Bertz CT molecular complexity index is 845. The molecule has 7 nitrogen and oxygen atoms in total. The second kappa shape index (κ2) is 6.43. The molecule has 0 radical (unpaired) electrons. The summed E-state index contributed by atoms with van der Waals surface area (Å²) in [5, 5.41) is 13.7. The van der Waals surface area contributed by atoms with E-state index in [0.717, 1.165) is 0 Å². The third-order valence-electron chi connectivity index (χ3n) is 4.59. The fourth-order valence-corrected chi connectivity index (χ4v) is 3.27. The monoisotopic (exact) mass is 329 g/mol. The number of carbonyl (C=O) groups is 2. The molecule has 0 bridgehead atoms. The number of carboxylic acid groups (broad SMARTS) is 1. The third kappa shape index (κ3) is 3.02. The first-order valence-electron chi connectivity index (χ1n) is 7.94. The number of likely N-dealkylation sites (tertiary alicyclic amines) is 1. The lowest BCUT2D eigenvalue weighted by Gasteiger charge is -2.36. The molecule has 1 aromatic carbocycles. The molecule has 1 N–H and O–H groups in total. The Labute approximate surface area is 138 Å². The molecule has 2 unspecified atom stereocenters. The van der Waals surface area contributed by atoms with Gasteiger partial charge in [-0.05, 0) is 31.9 Å². The second-order valence-electron chi connectivity index (χ2n) is 6.18. The van der Waals surface area contributed by atoms with Gasteiger partial charge in [0.15, 0.2) is 0 Å². The summed E-state index contributed by atoms with van der Waals surface area (Å²) in [5.74, 6) is -1.31. The zero-order valence-corrected chi connectivity index (χ0v) is 13.4. The summed E-state index contributed by atoms with van der Waals surface area (Å²) in [6.07, 6.45) is 2.14. The molecular formula is C17H19N3O4. The summed E-state index contributed by atoms with van der Waals surface area (Å²) < 4.78 is 1.52. The molecule has 2 aromatic rings. The van der Waals surface area contributed by atoms with Crippen LogP contribution < -0.4 is 5.43 Å². The number of hydrogen-bond donors (Lipinski definition) is 1. The molecule has 1 aliphatic heterocycles. The SMILES string of the molecule is CC1CC(C(=O)O)CCN1C(=O)Cn1ncc(=O)c2ccccc21. The molecule has 1 fully saturated rings. The quantitative estimate of drug-likeness (QED) is 0.910. The summed E-state index contributed by atoms with van der Waals surface area (Å²) in [7, 11) is 0. The Morgan fingerprint density at radius 2 is 2.08 bits per heavy atom. The van der Waals surface area contributed by atoms with Crippen molar-refractivity contribution < 1.29 is 14.7 Å². The number of carboxylic acids is 1. The van der Waals surface area contributed by atoms with Crippen LogP contribution in [0.5, 0.6) is 0 Å². The normalized spacial score (nSPS) is 21.0. The van der Waals surface area contributed by atoms with Crippen molar-refractivity contribution in [2.45, 2.75) is 32.4 Å². The predicted molar refractivity (Wildman–Crippen MR) is 87.5 cm³/mol. The smallest absolute Gasteiger partial charge is 0.306 e. The van der Waals surface area contributed by atoms with E-state index in [0.29, 0.717) is 30.3 Å². The highest BCUT2D eigenvalue weighted by Gasteiger charge is 2.32. The minimum Gasteiger partial charge on any atom is -0.481 e. The number of para-hydroxylation sites is 1. The standard InChI is InChI=1S/C17H19N3O4/c1-11-8-12(17(23)24)6-7-19(11)16(22)10-20-14-5-3-2-4-13(14)15(21)9-18-20/h2-5,9,11-12H,6-8,10H2,1H3,(H,23,24). The van der Waals surface area contributed by atoms with Gasteiger partial charge in [-0.15, -0.1) is 0 Å². The number of amides is 1. The first kappa shape index (κ1) is 16.2. The lowest BCUT2D eigenvalue weighted by molar-refractivity contribution is -0.147. The minimum atomic E-state index is -0.804. The average molecular weight is 329 g/mol. The van der Waals surface area contributed by atoms with Crippen LogP contribution in [0.2, 0.25) is 0 Å². The molecule has 0 saturated carbocycles. The number of hydrogen-bond acceptors (Lipinski definition) is 4. The summed E-state index contributed by atoms with van der Waals surface area (Å²) >= 11 is 0. The maximum Gasteiger partial charge on any atom is 0.306 e.